The summed E-state index contributed by atoms with van der Waals surface area (Å²) in [6.07, 6.45) is 1.98. The van der Waals surface area contributed by atoms with E-state index >= 15 is 0 Å². The molecule has 1 aromatic carbocycles. The molecule has 6 heteroatoms. The summed E-state index contributed by atoms with van der Waals surface area (Å²) in [5.41, 5.74) is 6.24. The van der Waals surface area contributed by atoms with E-state index in [1.54, 1.807) is 6.07 Å². The molecule has 0 radical (unpaired) electrons. The van der Waals surface area contributed by atoms with Gasteiger partial charge in [0.25, 0.3) is 0 Å². The summed E-state index contributed by atoms with van der Waals surface area (Å²) >= 11 is 3.37. The summed E-state index contributed by atoms with van der Waals surface area (Å²) < 4.78 is 13.8. The Balaban J connectivity index is 1.77. The summed E-state index contributed by atoms with van der Waals surface area (Å²) in [6, 6.07) is 5.16. The van der Waals surface area contributed by atoms with Crippen LogP contribution in [-0.2, 0) is 11.3 Å². The molecule has 20 heavy (non-hydrogen) atoms. The van der Waals surface area contributed by atoms with Crippen molar-refractivity contribution in [2.24, 2.45) is 5.73 Å². The average Bonchev–Trinajstić information content (AvgIpc) is 2.39. The number of amides is 1. The van der Waals surface area contributed by atoms with Gasteiger partial charge in [0, 0.05) is 30.1 Å². The second kappa shape index (κ2) is 7.15. The molecule has 1 saturated heterocycles. The van der Waals surface area contributed by atoms with Crippen molar-refractivity contribution in [3.63, 3.8) is 0 Å². The number of nitrogens with two attached hydrogens (primary N) is 1. The number of primary amides is 1. The van der Waals surface area contributed by atoms with Crippen LogP contribution >= 0.6 is 15.9 Å². The summed E-state index contributed by atoms with van der Waals surface area (Å²) in [4.78, 5) is 12.9. The molecule has 0 bridgehead atoms. The van der Waals surface area contributed by atoms with Crippen LogP contribution in [0.2, 0.25) is 0 Å². The van der Waals surface area contributed by atoms with E-state index in [9.17, 15) is 9.18 Å². The second-order valence-electron chi connectivity index (χ2n) is 5.13. The van der Waals surface area contributed by atoms with Crippen LogP contribution in [-0.4, -0.2) is 36.5 Å². The molecule has 0 unspecified atom stereocenters. The molecule has 0 saturated carbocycles. The zero-order valence-corrected chi connectivity index (χ0v) is 12.8. The Bertz CT molecular complexity index is 475. The lowest BCUT2D eigenvalue weighted by Gasteiger charge is -2.31. The first-order chi connectivity index (χ1) is 9.54. The topological polar surface area (TPSA) is 58.4 Å². The van der Waals surface area contributed by atoms with Crippen LogP contribution in [0.5, 0.6) is 0 Å². The normalized spacial score (nSPS) is 17.3. The van der Waals surface area contributed by atoms with Gasteiger partial charge in [-0.3, -0.25) is 9.69 Å². The monoisotopic (exact) mass is 343 g/mol. The van der Waals surface area contributed by atoms with Gasteiger partial charge in [-0.1, -0.05) is 22.0 Å². The Hall–Kier alpha value is -0.980. The predicted molar refractivity (Wildman–Crippen MR) is 79.6 cm³/mol. The van der Waals surface area contributed by atoms with Crippen molar-refractivity contribution >= 4 is 21.8 Å². The van der Waals surface area contributed by atoms with Crippen LogP contribution in [0.25, 0.3) is 0 Å². The second-order valence-corrected chi connectivity index (χ2v) is 5.99. The van der Waals surface area contributed by atoms with E-state index in [1.807, 2.05) is 0 Å². The van der Waals surface area contributed by atoms with Crippen molar-refractivity contribution in [1.82, 2.24) is 10.2 Å². The number of benzene rings is 1. The van der Waals surface area contributed by atoms with Crippen molar-refractivity contribution in [2.45, 2.75) is 25.4 Å². The molecule has 1 aliphatic rings. The molecule has 0 spiro atoms. The van der Waals surface area contributed by atoms with Crippen LogP contribution in [0.4, 0.5) is 4.39 Å². The molecule has 110 valence electrons. The van der Waals surface area contributed by atoms with Gasteiger partial charge in [-0.2, -0.15) is 0 Å². The highest BCUT2D eigenvalue weighted by atomic mass is 79.9. The highest BCUT2D eigenvalue weighted by Gasteiger charge is 2.19. The molecular weight excluding hydrogens is 325 g/mol. The number of nitrogens with zero attached hydrogens (tertiary/aromatic N) is 1. The van der Waals surface area contributed by atoms with Gasteiger partial charge in [-0.05, 0) is 30.5 Å². The van der Waals surface area contributed by atoms with Gasteiger partial charge in [0.1, 0.15) is 5.82 Å². The van der Waals surface area contributed by atoms with E-state index in [0.717, 1.165) is 36.0 Å². The third kappa shape index (κ3) is 4.54. The molecule has 4 nitrogen and oxygen atoms in total. The Morgan fingerprint density at radius 1 is 1.45 bits per heavy atom. The van der Waals surface area contributed by atoms with Gasteiger partial charge >= 0.3 is 0 Å². The van der Waals surface area contributed by atoms with E-state index in [-0.39, 0.29) is 11.7 Å². The molecule has 0 aromatic heterocycles. The number of carbonyl (C=O) groups is 1. The lowest BCUT2D eigenvalue weighted by atomic mass is 10.0. The lowest BCUT2D eigenvalue weighted by Crippen LogP contribution is -2.45. The summed E-state index contributed by atoms with van der Waals surface area (Å²) in [5.74, 6) is -0.507. The molecule has 1 aliphatic heterocycles. The number of piperidine rings is 1. The van der Waals surface area contributed by atoms with Gasteiger partial charge in [-0.25, -0.2) is 4.39 Å². The maximum Gasteiger partial charge on any atom is 0.231 e. The molecule has 3 N–H and O–H groups in total. The Morgan fingerprint density at radius 3 is 2.75 bits per heavy atom. The molecule has 1 amide bonds. The molecule has 0 aliphatic carbocycles. The predicted octanol–water partition coefficient (Wildman–Crippen LogP) is 1.63. The number of rotatable bonds is 5. The Labute approximate surface area is 126 Å². The van der Waals surface area contributed by atoms with Crippen molar-refractivity contribution in [3.8, 4) is 0 Å². The summed E-state index contributed by atoms with van der Waals surface area (Å²) in [5, 5.41) is 3.48. The highest BCUT2D eigenvalue weighted by Crippen LogP contribution is 2.19. The van der Waals surface area contributed by atoms with Crippen molar-refractivity contribution < 1.29 is 9.18 Å². The third-order valence-electron chi connectivity index (χ3n) is 3.56. The molecule has 0 atom stereocenters. The fraction of sp³-hybridized carbons (Fsp3) is 0.500. The van der Waals surface area contributed by atoms with Crippen molar-refractivity contribution in [3.05, 3.63) is 34.1 Å². The molecule has 1 aromatic rings. The number of nitrogens with one attached hydrogen (secondary N) is 1. The SMILES string of the molecule is NC(=O)CN1CCC(NCc2ccc(F)cc2Br)CC1. The molecule has 1 heterocycles. The van der Waals surface area contributed by atoms with Gasteiger partial charge < -0.3 is 11.1 Å². The maximum absolute atomic E-state index is 13.0. The number of halogens is 2. The summed E-state index contributed by atoms with van der Waals surface area (Å²) in [6.45, 7) is 2.81. The maximum atomic E-state index is 13.0. The first kappa shape index (κ1) is 15.4. The first-order valence-electron chi connectivity index (χ1n) is 6.72. The van der Waals surface area contributed by atoms with Crippen molar-refractivity contribution in [1.29, 1.82) is 0 Å². The van der Waals surface area contributed by atoms with Crippen LogP contribution in [0.3, 0.4) is 0 Å². The largest absolute Gasteiger partial charge is 0.369 e. The number of hydrogen-bond acceptors (Lipinski definition) is 3. The molecule has 1 fully saturated rings. The standard InChI is InChI=1S/C14H19BrFN3O/c15-13-7-11(16)2-1-10(13)8-18-12-3-5-19(6-4-12)9-14(17)20/h1-2,7,12,18H,3-6,8-9H2,(H2,17,20). The van der Waals surface area contributed by atoms with E-state index < -0.39 is 0 Å². The smallest absolute Gasteiger partial charge is 0.231 e. The van der Waals surface area contributed by atoms with Gasteiger partial charge in [0.05, 0.1) is 6.54 Å². The van der Waals surface area contributed by atoms with Crippen LogP contribution in [0.1, 0.15) is 18.4 Å². The van der Waals surface area contributed by atoms with E-state index in [4.69, 9.17) is 5.73 Å². The zero-order chi connectivity index (χ0) is 14.5. The van der Waals surface area contributed by atoms with Gasteiger partial charge in [0.15, 0.2) is 0 Å². The van der Waals surface area contributed by atoms with Crippen LogP contribution < -0.4 is 11.1 Å². The van der Waals surface area contributed by atoms with Gasteiger partial charge in [-0.15, -0.1) is 0 Å². The third-order valence-corrected chi connectivity index (χ3v) is 4.30. The zero-order valence-electron chi connectivity index (χ0n) is 11.2. The molecular formula is C14H19BrFN3O. The Kier molecular flexibility index (Phi) is 5.51. The minimum Gasteiger partial charge on any atom is -0.369 e. The van der Waals surface area contributed by atoms with Crippen molar-refractivity contribution in [2.75, 3.05) is 19.6 Å². The Morgan fingerprint density at radius 2 is 2.15 bits per heavy atom. The average molecular weight is 344 g/mol. The van der Waals surface area contributed by atoms with Crippen LogP contribution in [0, 0.1) is 5.82 Å². The fourth-order valence-corrected chi connectivity index (χ4v) is 2.93. The highest BCUT2D eigenvalue weighted by molar-refractivity contribution is 9.10. The minimum absolute atomic E-state index is 0.236. The summed E-state index contributed by atoms with van der Waals surface area (Å²) in [7, 11) is 0. The van der Waals surface area contributed by atoms with Crippen LogP contribution in [0.15, 0.2) is 22.7 Å². The lowest BCUT2D eigenvalue weighted by molar-refractivity contribution is -0.119. The van der Waals surface area contributed by atoms with E-state index in [0.29, 0.717) is 19.1 Å². The number of likely N-dealkylation sites (tertiary alicyclic amines) is 1. The molecule has 2 rings (SSSR count). The fourth-order valence-electron chi connectivity index (χ4n) is 2.43. The van der Waals surface area contributed by atoms with Gasteiger partial charge in [0.2, 0.25) is 5.91 Å². The number of carbonyl (C=O) groups excluding carboxylic acids is 1. The first-order valence-corrected chi connectivity index (χ1v) is 7.52. The minimum atomic E-state index is -0.272. The van der Waals surface area contributed by atoms with E-state index in [2.05, 4.69) is 26.1 Å². The van der Waals surface area contributed by atoms with E-state index in [1.165, 1.54) is 12.1 Å². The quantitative estimate of drug-likeness (QED) is 0.854. The number of hydrogen-bond donors (Lipinski definition) is 2.